The molecule has 0 spiro atoms. The lowest BCUT2D eigenvalue weighted by Gasteiger charge is -2.36. The summed E-state index contributed by atoms with van der Waals surface area (Å²) in [4.78, 5) is 41.2. The highest BCUT2D eigenvalue weighted by Crippen LogP contribution is 2.42. The fourth-order valence-corrected chi connectivity index (χ4v) is 11.1. The number of thiazole rings is 1. The molecule has 5 aromatic rings. The number of aromatic nitrogens is 5. The molecular weight excluding hydrogens is 854 g/mol. The molecule has 340 valence electrons. The molecule has 2 aliphatic heterocycles. The highest BCUT2D eigenvalue weighted by molar-refractivity contribution is 7.92. The van der Waals surface area contributed by atoms with Crippen LogP contribution in [0.15, 0.2) is 67.1 Å². The zero-order valence-electron chi connectivity index (χ0n) is 37.0. The van der Waals surface area contributed by atoms with Gasteiger partial charge in [0.25, 0.3) is 0 Å². The Hall–Kier alpha value is -5.26. The average Bonchev–Trinajstić information content (AvgIpc) is 3.91. The van der Waals surface area contributed by atoms with Crippen LogP contribution in [0.4, 0.5) is 21.7 Å². The maximum absolute atomic E-state index is 16.1. The number of carbonyl (C=O) groups is 2. The van der Waals surface area contributed by atoms with Gasteiger partial charge in [0.15, 0.2) is 5.82 Å². The molecule has 2 aromatic carbocycles. The number of likely N-dealkylation sites (tertiary alicyclic amines) is 1. The third-order valence-electron chi connectivity index (χ3n) is 12.3. The zero-order valence-corrected chi connectivity index (χ0v) is 38.6. The van der Waals surface area contributed by atoms with Crippen LogP contribution >= 0.6 is 11.3 Å². The van der Waals surface area contributed by atoms with Gasteiger partial charge in [0.2, 0.25) is 27.8 Å². The van der Waals surface area contributed by atoms with Crippen LogP contribution < -0.4 is 20.1 Å². The third kappa shape index (κ3) is 11.2. The van der Waals surface area contributed by atoms with Gasteiger partial charge in [0.05, 0.1) is 56.6 Å². The number of amides is 2. The number of nitrogens with one attached hydrogen (secondary N) is 3. The molecule has 5 heterocycles. The number of rotatable bonds is 15. The molecule has 0 unspecified atom stereocenters. The summed E-state index contributed by atoms with van der Waals surface area (Å²) in [6.07, 6.45) is 13.5. The van der Waals surface area contributed by atoms with Gasteiger partial charge in [0.1, 0.15) is 5.75 Å². The van der Waals surface area contributed by atoms with Crippen molar-refractivity contribution in [1.29, 1.82) is 0 Å². The summed E-state index contributed by atoms with van der Waals surface area (Å²) in [7, 11) is -3.71. The number of imide groups is 1. The van der Waals surface area contributed by atoms with E-state index in [0.29, 0.717) is 53.3 Å². The Balaban J connectivity index is 0.820. The van der Waals surface area contributed by atoms with Gasteiger partial charge in [-0.15, -0.1) is 11.3 Å². The molecule has 8 rings (SSSR count). The Morgan fingerprint density at radius 1 is 0.938 bits per heavy atom. The van der Waals surface area contributed by atoms with Crippen LogP contribution in [0.5, 0.6) is 5.75 Å². The fraction of sp³-hybridized carbons (Fsp3) is 0.489. The van der Waals surface area contributed by atoms with Crippen LogP contribution in [0.3, 0.4) is 0 Å². The van der Waals surface area contributed by atoms with Crippen LogP contribution in [-0.4, -0.2) is 81.4 Å². The Kier molecular flexibility index (Phi) is 13.8. The summed E-state index contributed by atoms with van der Waals surface area (Å²) in [6, 6.07) is 14.2. The van der Waals surface area contributed by atoms with E-state index < -0.39 is 15.8 Å². The number of halogens is 1. The molecule has 2 saturated heterocycles. The van der Waals surface area contributed by atoms with Crippen molar-refractivity contribution in [3.63, 3.8) is 0 Å². The normalized spacial score (nSPS) is 20.2. The number of anilines is 3. The minimum absolute atomic E-state index is 0.111. The van der Waals surface area contributed by atoms with E-state index in [1.165, 1.54) is 17.4 Å². The maximum atomic E-state index is 16.1. The first-order valence-corrected chi connectivity index (χ1v) is 24.9. The van der Waals surface area contributed by atoms with Crippen LogP contribution in [-0.2, 0) is 31.6 Å². The van der Waals surface area contributed by atoms with Crippen molar-refractivity contribution < 1.29 is 27.1 Å². The molecule has 1 saturated carbocycles. The van der Waals surface area contributed by atoms with Crippen molar-refractivity contribution in [2.75, 3.05) is 35.4 Å². The minimum Gasteiger partial charge on any atom is -0.490 e. The van der Waals surface area contributed by atoms with Crippen molar-refractivity contribution >= 4 is 50.5 Å². The SMILES string of the molecule is CCCS(=O)(=O)Nc1cccc(-c2nc(C(C)(C)C)sc2-c2ccnc(Nc3cnn(CC4CCN(CC5CCC(Oc6ccc([C@@H]7CCC(=O)NC7=O)cc6)CC5)CC4)c3)n2)c1F. The van der Waals surface area contributed by atoms with E-state index in [1.807, 2.05) is 55.9 Å². The van der Waals surface area contributed by atoms with E-state index in [2.05, 4.69) is 30.3 Å². The molecule has 0 radical (unpaired) electrons. The number of nitrogens with zero attached hydrogens (tertiary/aromatic N) is 6. The van der Waals surface area contributed by atoms with E-state index in [9.17, 15) is 18.0 Å². The topological polar surface area (TPSA) is 173 Å². The van der Waals surface area contributed by atoms with Crippen molar-refractivity contribution in [2.45, 2.75) is 109 Å². The summed E-state index contributed by atoms with van der Waals surface area (Å²) in [5.41, 5.74) is 2.37. The first kappa shape index (κ1) is 45.3. The van der Waals surface area contributed by atoms with E-state index in [4.69, 9.17) is 14.7 Å². The second kappa shape index (κ2) is 19.5. The maximum Gasteiger partial charge on any atom is 0.234 e. The predicted octanol–water partition coefficient (Wildman–Crippen LogP) is 8.67. The van der Waals surface area contributed by atoms with E-state index in [1.54, 1.807) is 37.5 Å². The average molecular weight is 912 g/mol. The molecule has 17 heteroatoms. The lowest BCUT2D eigenvalue weighted by atomic mass is 9.86. The first-order chi connectivity index (χ1) is 30.7. The fourth-order valence-electron chi connectivity index (χ4n) is 8.88. The van der Waals surface area contributed by atoms with Gasteiger partial charge in [0, 0.05) is 42.9 Å². The van der Waals surface area contributed by atoms with Crippen LogP contribution in [0.1, 0.15) is 102 Å². The monoisotopic (exact) mass is 911 g/mol. The number of benzene rings is 2. The molecule has 3 fully saturated rings. The molecule has 3 aliphatic rings. The minimum atomic E-state index is -3.71. The molecule has 64 heavy (non-hydrogen) atoms. The number of hydrogen-bond acceptors (Lipinski definition) is 12. The number of carbonyl (C=O) groups excluding carboxylic acids is 2. The Bertz CT molecular complexity index is 2540. The molecule has 3 N–H and O–H groups in total. The van der Waals surface area contributed by atoms with Crippen molar-refractivity contribution in [3.05, 3.63) is 83.5 Å². The largest absolute Gasteiger partial charge is 0.490 e. The summed E-state index contributed by atoms with van der Waals surface area (Å²) >= 11 is 1.43. The van der Waals surface area contributed by atoms with E-state index in [0.717, 1.165) is 86.7 Å². The van der Waals surface area contributed by atoms with Crippen LogP contribution in [0, 0.1) is 17.7 Å². The zero-order chi connectivity index (χ0) is 45.0. The molecule has 0 bridgehead atoms. The van der Waals surface area contributed by atoms with Crippen LogP contribution in [0.25, 0.3) is 21.8 Å². The van der Waals surface area contributed by atoms with Gasteiger partial charge in [-0.25, -0.2) is 27.8 Å². The third-order valence-corrected chi connectivity index (χ3v) is 15.3. The van der Waals surface area contributed by atoms with Gasteiger partial charge >= 0.3 is 0 Å². The standard InChI is InChI=1S/C47H58FN9O5S2/c1-5-25-64(60,61)55-38-8-6-7-37(41(38)48)42-43(63-45(54-42)47(2,3)4)39-19-22-49-46(52-39)51-33-26-50-57(29-33)28-31-20-23-56(24-21-31)27-30-9-13-34(14-10-30)62-35-15-11-32(12-16-35)36-17-18-40(58)53-44(36)59/h6-8,11-12,15-16,19,22,26,29-31,34,36,55H,5,9-10,13-14,17-18,20-21,23-25,27-28H2,1-4H3,(H,49,51,52)(H,53,58,59)/t30?,34?,36-/m0/s1. The van der Waals surface area contributed by atoms with Crippen LogP contribution in [0.2, 0.25) is 0 Å². The summed E-state index contributed by atoms with van der Waals surface area (Å²) in [5.74, 6) is 0.880. The van der Waals surface area contributed by atoms with Gasteiger partial charge in [-0.05, 0) is 112 Å². The molecule has 2 amide bonds. The Morgan fingerprint density at radius 3 is 2.41 bits per heavy atom. The number of sulfonamides is 1. The smallest absolute Gasteiger partial charge is 0.234 e. The number of piperidine rings is 2. The second-order valence-electron chi connectivity index (χ2n) is 18.5. The highest BCUT2D eigenvalue weighted by Gasteiger charge is 2.30. The molecule has 14 nitrogen and oxygen atoms in total. The van der Waals surface area contributed by atoms with Crippen molar-refractivity contribution in [1.82, 2.24) is 34.9 Å². The van der Waals surface area contributed by atoms with E-state index in [-0.39, 0.29) is 46.3 Å². The Morgan fingerprint density at radius 2 is 1.69 bits per heavy atom. The van der Waals surface area contributed by atoms with Crippen molar-refractivity contribution in [2.24, 2.45) is 11.8 Å². The molecule has 1 atom stereocenters. The summed E-state index contributed by atoms with van der Waals surface area (Å²) in [5, 5.41) is 11.2. The van der Waals surface area contributed by atoms with E-state index >= 15 is 4.39 Å². The molecule has 3 aromatic heterocycles. The summed E-state index contributed by atoms with van der Waals surface area (Å²) in [6.45, 7) is 12.0. The Labute approximate surface area is 378 Å². The van der Waals surface area contributed by atoms with Crippen molar-refractivity contribution in [3.8, 4) is 27.6 Å². The lowest BCUT2D eigenvalue weighted by molar-refractivity contribution is -0.134. The van der Waals surface area contributed by atoms with Gasteiger partial charge in [-0.3, -0.25) is 24.3 Å². The number of hydrogen-bond donors (Lipinski definition) is 3. The molecular formula is C47H58FN9O5S2. The molecule has 1 aliphatic carbocycles. The van der Waals surface area contributed by atoms with Gasteiger partial charge in [-0.2, -0.15) is 5.10 Å². The first-order valence-electron chi connectivity index (χ1n) is 22.5. The highest BCUT2D eigenvalue weighted by atomic mass is 32.2. The predicted molar refractivity (Wildman–Crippen MR) is 248 cm³/mol. The lowest BCUT2D eigenvalue weighted by Crippen LogP contribution is -2.39. The van der Waals surface area contributed by atoms with Gasteiger partial charge < -0.3 is 15.0 Å². The van der Waals surface area contributed by atoms with Gasteiger partial charge in [-0.1, -0.05) is 45.9 Å². The quantitative estimate of drug-likeness (QED) is 0.0858. The second-order valence-corrected chi connectivity index (χ2v) is 21.3. The number of ether oxygens (including phenoxy) is 1. The summed E-state index contributed by atoms with van der Waals surface area (Å²) < 4.78 is 51.9.